The highest BCUT2D eigenvalue weighted by molar-refractivity contribution is 9.10. The summed E-state index contributed by atoms with van der Waals surface area (Å²) < 4.78 is 2.93. The van der Waals surface area contributed by atoms with Crippen LogP contribution in [0.15, 0.2) is 41.0 Å². The van der Waals surface area contributed by atoms with Crippen molar-refractivity contribution in [1.82, 2.24) is 15.1 Å². The summed E-state index contributed by atoms with van der Waals surface area (Å²) in [4.78, 5) is 0. The van der Waals surface area contributed by atoms with Crippen LogP contribution in [-0.4, -0.2) is 14.9 Å². The smallest absolute Gasteiger partial charge is 0.171 e. The molecule has 2 N–H and O–H groups in total. The molecule has 0 aliphatic rings. The third-order valence-electron chi connectivity index (χ3n) is 2.55. The summed E-state index contributed by atoms with van der Waals surface area (Å²) in [5, 5.41) is 11.2. The average Bonchev–Trinajstić information content (AvgIpc) is 2.87. The van der Waals surface area contributed by atoms with Gasteiger partial charge in [-0.2, -0.15) is 5.10 Å². The van der Waals surface area contributed by atoms with Gasteiger partial charge in [0, 0.05) is 22.9 Å². The number of anilines is 1. The van der Waals surface area contributed by atoms with E-state index in [0.29, 0.717) is 11.7 Å². The van der Waals surface area contributed by atoms with Crippen molar-refractivity contribution in [2.75, 3.05) is 5.32 Å². The molecule has 2 rings (SSSR count). The lowest BCUT2D eigenvalue weighted by molar-refractivity contribution is 0.643. The van der Waals surface area contributed by atoms with E-state index >= 15 is 0 Å². The van der Waals surface area contributed by atoms with Gasteiger partial charge in [0.1, 0.15) is 0 Å². The Hall–Kier alpha value is -1.40. The topological polar surface area (TPSA) is 41.9 Å². The van der Waals surface area contributed by atoms with E-state index in [1.807, 2.05) is 41.2 Å². The maximum Gasteiger partial charge on any atom is 0.171 e. The maximum absolute atomic E-state index is 5.23. The molecule has 0 radical (unpaired) electrons. The number of halogens is 1. The van der Waals surface area contributed by atoms with Gasteiger partial charge in [0.25, 0.3) is 0 Å². The number of aryl methyl sites for hydroxylation is 1. The Morgan fingerprint density at radius 3 is 2.68 bits per heavy atom. The molecule has 0 saturated carbocycles. The Bertz CT molecular complexity index is 550. The summed E-state index contributed by atoms with van der Waals surface area (Å²) in [5.74, 6) is 0. The molecule has 2 aromatic rings. The van der Waals surface area contributed by atoms with E-state index in [1.165, 1.54) is 0 Å². The minimum atomic E-state index is 0.591. The molecule has 0 atom stereocenters. The SMILES string of the molecule is CCn1ccc(CNC(=S)Nc2ccc(Br)cc2)n1. The molecule has 4 nitrogen and oxygen atoms in total. The van der Waals surface area contributed by atoms with E-state index in [4.69, 9.17) is 12.2 Å². The zero-order chi connectivity index (χ0) is 13.7. The highest BCUT2D eigenvalue weighted by Gasteiger charge is 2.00. The molecule has 19 heavy (non-hydrogen) atoms. The number of benzene rings is 1. The zero-order valence-corrected chi connectivity index (χ0v) is 13.0. The minimum Gasteiger partial charge on any atom is -0.357 e. The van der Waals surface area contributed by atoms with Crippen LogP contribution in [0.4, 0.5) is 5.69 Å². The first-order valence-electron chi connectivity index (χ1n) is 6.00. The maximum atomic E-state index is 5.23. The van der Waals surface area contributed by atoms with Gasteiger partial charge in [-0.15, -0.1) is 0 Å². The van der Waals surface area contributed by atoms with E-state index in [2.05, 4.69) is 38.6 Å². The average molecular weight is 339 g/mol. The fourth-order valence-electron chi connectivity index (χ4n) is 1.55. The monoisotopic (exact) mass is 338 g/mol. The second-order valence-electron chi connectivity index (χ2n) is 3.98. The summed E-state index contributed by atoms with van der Waals surface area (Å²) in [6.45, 7) is 3.56. The van der Waals surface area contributed by atoms with E-state index < -0.39 is 0 Å². The second-order valence-corrected chi connectivity index (χ2v) is 5.30. The lowest BCUT2D eigenvalue weighted by atomic mass is 10.3. The van der Waals surface area contributed by atoms with Crippen LogP contribution in [-0.2, 0) is 13.1 Å². The number of nitrogens with zero attached hydrogens (tertiary/aromatic N) is 2. The van der Waals surface area contributed by atoms with Crippen molar-refractivity contribution >= 4 is 38.9 Å². The summed E-state index contributed by atoms with van der Waals surface area (Å²) in [6.07, 6.45) is 1.96. The standard InChI is InChI=1S/C13H15BrN4S/c1-2-18-8-7-12(17-18)9-15-13(19)16-11-5-3-10(14)4-6-11/h3-8H,2,9H2,1H3,(H2,15,16,19). The van der Waals surface area contributed by atoms with Gasteiger partial charge in [0.05, 0.1) is 12.2 Å². The first-order chi connectivity index (χ1) is 9.17. The number of hydrogen-bond donors (Lipinski definition) is 2. The van der Waals surface area contributed by atoms with Crippen LogP contribution in [0.5, 0.6) is 0 Å². The molecule has 1 aromatic carbocycles. The van der Waals surface area contributed by atoms with Gasteiger partial charge >= 0.3 is 0 Å². The number of thiocarbonyl (C=S) groups is 1. The molecule has 0 amide bonds. The van der Waals surface area contributed by atoms with E-state index in [1.54, 1.807) is 0 Å². The van der Waals surface area contributed by atoms with Gasteiger partial charge in [-0.3, -0.25) is 4.68 Å². The molecule has 0 fully saturated rings. The zero-order valence-electron chi connectivity index (χ0n) is 10.6. The van der Waals surface area contributed by atoms with Gasteiger partial charge in [0.2, 0.25) is 0 Å². The van der Waals surface area contributed by atoms with Crippen LogP contribution in [0, 0.1) is 0 Å². The molecule has 0 aliphatic heterocycles. The Morgan fingerprint density at radius 2 is 2.05 bits per heavy atom. The van der Waals surface area contributed by atoms with Crippen LogP contribution in [0.2, 0.25) is 0 Å². The molecular formula is C13H15BrN4S. The molecule has 0 unspecified atom stereocenters. The number of rotatable bonds is 4. The lowest BCUT2D eigenvalue weighted by Gasteiger charge is -2.09. The predicted molar refractivity (Wildman–Crippen MR) is 85.1 cm³/mol. The van der Waals surface area contributed by atoms with E-state index in [-0.39, 0.29) is 0 Å². The summed E-state index contributed by atoms with van der Waals surface area (Å²) in [6, 6.07) is 9.84. The molecule has 0 bridgehead atoms. The number of hydrogen-bond acceptors (Lipinski definition) is 2. The molecule has 0 saturated heterocycles. The van der Waals surface area contributed by atoms with Crippen LogP contribution >= 0.6 is 28.1 Å². The summed E-state index contributed by atoms with van der Waals surface area (Å²) in [5.41, 5.74) is 1.93. The molecular weight excluding hydrogens is 324 g/mol. The van der Waals surface area contributed by atoms with Gasteiger partial charge < -0.3 is 10.6 Å². The molecule has 0 spiro atoms. The Balaban J connectivity index is 1.82. The molecule has 0 aliphatic carbocycles. The van der Waals surface area contributed by atoms with Crippen molar-refractivity contribution in [3.05, 3.63) is 46.7 Å². The Labute approximate surface area is 126 Å². The van der Waals surface area contributed by atoms with Crippen molar-refractivity contribution in [3.8, 4) is 0 Å². The van der Waals surface area contributed by atoms with Gasteiger partial charge in [0.15, 0.2) is 5.11 Å². The molecule has 6 heteroatoms. The van der Waals surface area contributed by atoms with Crippen molar-refractivity contribution < 1.29 is 0 Å². The van der Waals surface area contributed by atoms with Crippen molar-refractivity contribution in [3.63, 3.8) is 0 Å². The Kier molecular flexibility index (Phi) is 4.93. The van der Waals surface area contributed by atoms with Crippen LogP contribution in [0.3, 0.4) is 0 Å². The quantitative estimate of drug-likeness (QED) is 0.840. The lowest BCUT2D eigenvalue weighted by Crippen LogP contribution is -2.28. The molecule has 1 heterocycles. The molecule has 100 valence electrons. The van der Waals surface area contributed by atoms with Gasteiger partial charge in [-0.05, 0) is 49.5 Å². The van der Waals surface area contributed by atoms with Crippen LogP contribution in [0.1, 0.15) is 12.6 Å². The van der Waals surface area contributed by atoms with Crippen molar-refractivity contribution in [2.45, 2.75) is 20.0 Å². The largest absolute Gasteiger partial charge is 0.357 e. The highest BCUT2D eigenvalue weighted by Crippen LogP contribution is 2.13. The Morgan fingerprint density at radius 1 is 1.32 bits per heavy atom. The minimum absolute atomic E-state index is 0.591. The predicted octanol–water partition coefficient (Wildman–Crippen LogP) is 3.15. The second kappa shape index (κ2) is 6.68. The third-order valence-corrected chi connectivity index (χ3v) is 3.33. The van der Waals surface area contributed by atoms with Crippen molar-refractivity contribution in [1.29, 1.82) is 0 Å². The number of nitrogens with one attached hydrogen (secondary N) is 2. The third kappa shape index (κ3) is 4.33. The van der Waals surface area contributed by atoms with Gasteiger partial charge in [-0.25, -0.2) is 0 Å². The fourth-order valence-corrected chi connectivity index (χ4v) is 2.01. The number of aromatic nitrogens is 2. The normalized spacial score (nSPS) is 10.2. The first-order valence-corrected chi connectivity index (χ1v) is 7.20. The van der Waals surface area contributed by atoms with E-state index in [0.717, 1.165) is 22.4 Å². The van der Waals surface area contributed by atoms with Crippen LogP contribution in [0.25, 0.3) is 0 Å². The fraction of sp³-hybridized carbons (Fsp3) is 0.231. The van der Waals surface area contributed by atoms with Gasteiger partial charge in [-0.1, -0.05) is 15.9 Å². The molecule has 1 aromatic heterocycles. The summed E-state index contributed by atoms with van der Waals surface area (Å²) >= 11 is 8.63. The first kappa shape index (κ1) is 14.0. The van der Waals surface area contributed by atoms with Crippen LogP contribution < -0.4 is 10.6 Å². The van der Waals surface area contributed by atoms with Crippen molar-refractivity contribution in [2.24, 2.45) is 0 Å². The van der Waals surface area contributed by atoms with E-state index in [9.17, 15) is 0 Å². The highest BCUT2D eigenvalue weighted by atomic mass is 79.9. The summed E-state index contributed by atoms with van der Waals surface area (Å²) in [7, 11) is 0.